The van der Waals surface area contributed by atoms with Crippen LogP contribution in [0.1, 0.15) is 58.8 Å². The van der Waals surface area contributed by atoms with Gasteiger partial charge in [0.1, 0.15) is 0 Å². The second-order valence-electron chi connectivity index (χ2n) is 6.51. The molecule has 2 unspecified atom stereocenters. The lowest BCUT2D eigenvalue weighted by Gasteiger charge is -2.38. The molecule has 0 aromatic carbocycles. The Morgan fingerprint density at radius 1 is 1.42 bits per heavy atom. The Bertz CT molecular complexity index is 311. The average molecular weight is 269 g/mol. The fourth-order valence-electron chi connectivity index (χ4n) is 3.23. The monoisotopic (exact) mass is 269 g/mol. The van der Waals surface area contributed by atoms with E-state index >= 15 is 0 Å². The Kier molecular flexibility index (Phi) is 4.85. The first-order chi connectivity index (χ1) is 9.01. The van der Waals surface area contributed by atoms with Crippen molar-refractivity contribution < 1.29 is 14.6 Å². The lowest BCUT2D eigenvalue weighted by atomic mass is 9.89. The molecule has 4 nitrogen and oxygen atoms in total. The molecule has 1 aliphatic heterocycles. The molecular weight excluding hydrogens is 242 g/mol. The molecule has 1 aliphatic carbocycles. The summed E-state index contributed by atoms with van der Waals surface area (Å²) < 4.78 is 5.96. The van der Waals surface area contributed by atoms with E-state index in [2.05, 4.69) is 5.32 Å². The van der Waals surface area contributed by atoms with E-state index in [-0.39, 0.29) is 29.9 Å². The molecule has 2 N–H and O–H groups in total. The molecule has 2 aliphatic rings. The number of aliphatic hydroxyl groups excluding tert-OH is 1. The summed E-state index contributed by atoms with van der Waals surface area (Å²) in [7, 11) is 0. The van der Waals surface area contributed by atoms with Crippen molar-refractivity contribution in [3.05, 3.63) is 0 Å². The van der Waals surface area contributed by atoms with Crippen LogP contribution in [-0.4, -0.2) is 35.4 Å². The number of carbonyl (C=O) groups excluding carboxylic acids is 1. The van der Waals surface area contributed by atoms with Crippen LogP contribution in [0.15, 0.2) is 0 Å². The van der Waals surface area contributed by atoms with Gasteiger partial charge in [-0.1, -0.05) is 26.7 Å². The highest BCUT2D eigenvalue weighted by Crippen LogP contribution is 2.39. The van der Waals surface area contributed by atoms with Crippen LogP contribution in [0.3, 0.4) is 0 Å². The summed E-state index contributed by atoms with van der Waals surface area (Å²) in [5, 5.41) is 12.8. The molecule has 4 heteroatoms. The van der Waals surface area contributed by atoms with Gasteiger partial charge in [-0.15, -0.1) is 0 Å². The first-order valence-electron chi connectivity index (χ1n) is 7.62. The Hall–Kier alpha value is -0.610. The van der Waals surface area contributed by atoms with Crippen molar-refractivity contribution in [2.75, 3.05) is 6.61 Å². The van der Waals surface area contributed by atoms with Gasteiger partial charge in [-0.25, -0.2) is 0 Å². The first-order valence-corrected chi connectivity index (χ1v) is 7.62. The highest BCUT2D eigenvalue weighted by atomic mass is 16.5. The van der Waals surface area contributed by atoms with Crippen molar-refractivity contribution in [2.24, 2.45) is 5.92 Å². The first kappa shape index (κ1) is 14.8. The molecule has 0 radical (unpaired) electrons. The number of hydrogen-bond acceptors (Lipinski definition) is 3. The summed E-state index contributed by atoms with van der Waals surface area (Å²) in [6, 6.07) is 0.221. The molecule has 0 aromatic rings. The summed E-state index contributed by atoms with van der Waals surface area (Å²) in [4.78, 5) is 11.9. The molecular formula is C15H27NO3. The summed E-state index contributed by atoms with van der Waals surface area (Å²) in [5.41, 5.74) is 0.0346. The number of rotatable bonds is 4. The molecule has 1 amide bonds. The molecule has 110 valence electrons. The van der Waals surface area contributed by atoms with Gasteiger partial charge < -0.3 is 15.2 Å². The number of aliphatic hydroxyl groups is 1. The van der Waals surface area contributed by atoms with E-state index in [1.807, 2.05) is 13.8 Å². The van der Waals surface area contributed by atoms with Gasteiger partial charge in [0.25, 0.3) is 0 Å². The van der Waals surface area contributed by atoms with Crippen LogP contribution in [0.5, 0.6) is 0 Å². The highest BCUT2D eigenvalue weighted by Gasteiger charge is 2.40. The van der Waals surface area contributed by atoms with E-state index in [0.717, 1.165) is 32.3 Å². The second kappa shape index (κ2) is 6.23. The predicted molar refractivity (Wildman–Crippen MR) is 73.8 cm³/mol. The van der Waals surface area contributed by atoms with Gasteiger partial charge in [-0.05, 0) is 31.6 Å². The molecule has 2 rings (SSSR count). The van der Waals surface area contributed by atoms with Crippen molar-refractivity contribution >= 4 is 5.91 Å². The van der Waals surface area contributed by atoms with Crippen LogP contribution < -0.4 is 5.32 Å². The highest BCUT2D eigenvalue weighted by molar-refractivity contribution is 5.76. The molecule has 19 heavy (non-hydrogen) atoms. The minimum atomic E-state index is -0.541. The Morgan fingerprint density at radius 3 is 2.74 bits per heavy atom. The molecule has 1 saturated heterocycles. The fraction of sp³-hybridized carbons (Fsp3) is 0.933. The van der Waals surface area contributed by atoms with Gasteiger partial charge in [-0.3, -0.25) is 4.79 Å². The molecule has 1 saturated carbocycles. The van der Waals surface area contributed by atoms with Crippen molar-refractivity contribution in [2.45, 2.75) is 76.5 Å². The second-order valence-corrected chi connectivity index (χ2v) is 6.51. The van der Waals surface area contributed by atoms with Gasteiger partial charge in [0, 0.05) is 12.6 Å². The maximum absolute atomic E-state index is 11.9. The lowest BCUT2D eigenvalue weighted by Crippen LogP contribution is -2.48. The zero-order chi connectivity index (χ0) is 13.9. The van der Waals surface area contributed by atoms with E-state index in [4.69, 9.17) is 4.74 Å². The largest absolute Gasteiger partial charge is 0.392 e. The smallest absolute Gasteiger partial charge is 0.222 e. The summed E-state index contributed by atoms with van der Waals surface area (Å²) in [6.45, 7) is 4.61. The van der Waals surface area contributed by atoms with Gasteiger partial charge in [-0.2, -0.15) is 0 Å². The van der Waals surface area contributed by atoms with Gasteiger partial charge in [0.2, 0.25) is 5.91 Å². The zero-order valence-corrected chi connectivity index (χ0v) is 12.2. The zero-order valence-electron chi connectivity index (χ0n) is 12.2. The molecule has 2 fully saturated rings. The number of nitrogens with one attached hydrogen (secondary N) is 1. The number of amides is 1. The Morgan fingerprint density at radius 2 is 2.11 bits per heavy atom. The third-order valence-electron chi connectivity index (χ3n) is 4.54. The fourth-order valence-corrected chi connectivity index (χ4v) is 3.23. The third kappa shape index (κ3) is 3.93. The SMILES string of the molecule is CC(C)C(O)CC(=O)NC1CCOC2(CCCC2)C1. The molecule has 1 spiro atoms. The average Bonchev–Trinajstić information content (AvgIpc) is 2.76. The summed E-state index contributed by atoms with van der Waals surface area (Å²) >= 11 is 0. The van der Waals surface area contributed by atoms with E-state index in [1.54, 1.807) is 0 Å². The van der Waals surface area contributed by atoms with Gasteiger partial charge in [0.15, 0.2) is 0 Å². The number of carbonyl (C=O) groups is 1. The molecule has 1 heterocycles. The van der Waals surface area contributed by atoms with Crippen LogP contribution in [0, 0.1) is 5.92 Å². The third-order valence-corrected chi connectivity index (χ3v) is 4.54. The minimum absolute atomic E-state index is 0.0266. The van der Waals surface area contributed by atoms with Crippen LogP contribution in [-0.2, 0) is 9.53 Å². The quantitative estimate of drug-likeness (QED) is 0.820. The van der Waals surface area contributed by atoms with Gasteiger partial charge >= 0.3 is 0 Å². The summed E-state index contributed by atoms with van der Waals surface area (Å²) in [6.07, 6.45) is 6.26. The standard InChI is InChI=1S/C15H27NO3/c1-11(2)13(17)9-14(18)16-12-5-8-19-15(10-12)6-3-4-7-15/h11-13,17H,3-10H2,1-2H3,(H,16,18). The normalized spacial score (nSPS) is 27.7. The maximum atomic E-state index is 11.9. The number of ether oxygens (including phenoxy) is 1. The van der Waals surface area contributed by atoms with E-state index in [1.165, 1.54) is 12.8 Å². The van der Waals surface area contributed by atoms with E-state index < -0.39 is 6.10 Å². The maximum Gasteiger partial charge on any atom is 0.222 e. The van der Waals surface area contributed by atoms with Crippen molar-refractivity contribution in [3.63, 3.8) is 0 Å². The molecule has 0 aromatic heterocycles. The van der Waals surface area contributed by atoms with Crippen LogP contribution in [0.4, 0.5) is 0 Å². The lowest BCUT2D eigenvalue weighted by molar-refractivity contribution is -0.127. The predicted octanol–water partition coefficient (Wildman–Crippen LogP) is 2.00. The topological polar surface area (TPSA) is 58.6 Å². The van der Waals surface area contributed by atoms with Crippen LogP contribution in [0.2, 0.25) is 0 Å². The van der Waals surface area contributed by atoms with E-state index in [9.17, 15) is 9.90 Å². The van der Waals surface area contributed by atoms with Crippen molar-refractivity contribution in [1.29, 1.82) is 0 Å². The van der Waals surface area contributed by atoms with Crippen molar-refractivity contribution in [3.8, 4) is 0 Å². The Balaban J connectivity index is 1.80. The Labute approximate surface area is 115 Å². The number of hydrogen-bond donors (Lipinski definition) is 2. The molecule has 2 atom stereocenters. The minimum Gasteiger partial charge on any atom is -0.392 e. The van der Waals surface area contributed by atoms with E-state index in [0.29, 0.717) is 0 Å². The van der Waals surface area contributed by atoms with Crippen LogP contribution >= 0.6 is 0 Å². The molecule has 0 bridgehead atoms. The van der Waals surface area contributed by atoms with Crippen molar-refractivity contribution in [1.82, 2.24) is 5.32 Å². The van der Waals surface area contributed by atoms with Crippen LogP contribution in [0.25, 0.3) is 0 Å². The summed E-state index contributed by atoms with van der Waals surface area (Å²) in [5.74, 6) is 0.0999. The van der Waals surface area contributed by atoms with Gasteiger partial charge in [0.05, 0.1) is 18.1 Å².